The highest BCUT2D eigenvalue weighted by Crippen LogP contribution is 2.17. The quantitative estimate of drug-likeness (QED) is 0.114. The van der Waals surface area contributed by atoms with Gasteiger partial charge in [-0.25, -0.2) is 0 Å². The first-order valence-corrected chi connectivity index (χ1v) is 15.0. The van der Waals surface area contributed by atoms with Crippen molar-refractivity contribution in [3.05, 3.63) is 72.3 Å². The highest BCUT2D eigenvalue weighted by atomic mass is 16.5. The molecule has 0 unspecified atom stereocenters. The summed E-state index contributed by atoms with van der Waals surface area (Å²) in [6.45, 7) is 3.92. The van der Waals surface area contributed by atoms with Crippen LogP contribution in [0.5, 0.6) is 5.88 Å². The van der Waals surface area contributed by atoms with Crippen molar-refractivity contribution < 1.29 is 9.30 Å². The SMILES string of the molecule is CCCCCCCCCCCCCCCCCCOc1ccc2ccccc2[n+]1Cc1ccccc1. The van der Waals surface area contributed by atoms with Crippen molar-refractivity contribution >= 4 is 10.9 Å². The van der Waals surface area contributed by atoms with Crippen molar-refractivity contribution in [1.29, 1.82) is 0 Å². The molecule has 2 aromatic carbocycles. The van der Waals surface area contributed by atoms with Gasteiger partial charge in [0.05, 0.1) is 12.7 Å². The van der Waals surface area contributed by atoms with E-state index in [1.54, 1.807) is 0 Å². The molecule has 0 fully saturated rings. The predicted molar refractivity (Wildman–Crippen MR) is 155 cm³/mol. The first kappa shape index (κ1) is 28.2. The van der Waals surface area contributed by atoms with E-state index >= 15 is 0 Å². The number of pyridine rings is 1. The van der Waals surface area contributed by atoms with Gasteiger partial charge in [0.1, 0.15) is 0 Å². The molecule has 0 atom stereocenters. The monoisotopic (exact) mass is 488 g/mol. The standard InChI is InChI=1S/C34H50NO/c1-2-3-4-5-6-7-8-9-10-11-12-13-14-15-16-22-29-36-34-28-27-32-25-20-21-26-33(32)35(34)30-31-23-18-17-19-24-31/h17-21,23-28H,2-16,22,29-30H2,1H3/q+1. The lowest BCUT2D eigenvalue weighted by Gasteiger charge is -2.09. The van der Waals surface area contributed by atoms with Crippen molar-refractivity contribution in [2.45, 2.75) is 116 Å². The molecule has 0 saturated heterocycles. The van der Waals surface area contributed by atoms with Crippen LogP contribution in [0.2, 0.25) is 0 Å². The second kappa shape index (κ2) is 18.0. The Bertz CT molecular complexity index is 952. The van der Waals surface area contributed by atoms with E-state index in [4.69, 9.17) is 4.74 Å². The summed E-state index contributed by atoms with van der Waals surface area (Å²) >= 11 is 0. The maximum absolute atomic E-state index is 6.30. The van der Waals surface area contributed by atoms with Crippen molar-refractivity contribution in [2.24, 2.45) is 0 Å². The maximum atomic E-state index is 6.30. The van der Waals surface area contributed by atoms with Crippen LogP contribution in [0, 0.1) is 0 Å². The largest absolute Gasteiger partial charge is 0.444 e. The smallest absolute Gasteiger partial charge is 0.368 e. The third-order valence-corrected chi connectivity index (χ3v) is 7.33. The van der Waals surface area contributed by atoms with Crippen LogP contribution in [0.1, 0.15) is 115 Å². The predicted octanol–water partition coefficient (Wildman–Crippen LogP) is 9.82. The molecule has 0 amide bonds. The van der Waals surface area contributed by atoms with E-state index in [1.165, 1.54) is 113 Å². The summed E-state index contributed by atoms with van der Waals surface area (Å²) < 4.78 is 8.62. The van der Waals surface area contributed by atoms with Crippen LogP contribution >= 0.6 is 0 Å². The molecular weight excluding hydrogens is 438 g/mol. The van der Waals surface area contributed by atoms with E-state index in [-0.39, 0.29) is 0 Å². The fourth-order valence-corrected chi connectivity index (χ4v) is 5.13. The van der Waals surface area contributed by atoms with Crippen molar-refractivity contribution in [3.8, 4) is 5.88 Å². The second-order valence-electron chi connectivity index (χ2n) is 10.5. The molecule has 36 heavy (non-hydrogen) atoms. The number of ether oxygens (including phenoxy) is 1. The molecule has 3 rings (SSSR count). The van der Waals surface area contributed by atoms with Crippen LogP contribution in [0.25, 0.3) is 10.9 Å². The highest BCUT2D eigenvalue weighted by Gasteiger charge is 2.17. The molecule has 196 valence electrons. The first-order chi connectivity index (χ1) is 17.9. The van der Waals surface area contributed by atoms with Gasteiger partial charge in [-0.05, 0) is 18.6 Å². The van der Waals surface area contributed by atoms with E-state index in [0.717, 1.165) is 25.5 Å². The Morgan fingerprint density at radius 3 is 1.67 bits per heavy atom. The summed E-state index contributed by atoms with van der Waals surface area (Å²) in [4.78, 5) is 0. The lowest BCUT2D eigenvalue weighted by atomic mass is 10.0. The first-order valence-electron chi connectivity index (χ1n) is 15.0. The van der Waals surface area contributed by atoms with Gasteiger partial charge in [-0.2, -0.15) is 4.57 Å². The maximum Gasteiger partial charge on any atom is 0.368 e. The summed E-state index contributed by atoms with van der Waals surface area (Å²) in [6, 6.07) is 23.6. The molecule has 0 aliphatic carbocycles. The van der Waals surface area contributed by atoms with Gasteiger partial charge in [-0.3, -0.25) is 0 Å². The Morgan fingerprint density at radius 1 is 0.528 bits per heavy atom. The summed E-state index contributed by atoms with van der Waals surface area (Å²) in [6.07, 6.45) is 22.3. The van der Waals surface area contributed by atoms with Gasteiger partial charge in [0, 0.05) is 17.0 Å². The molecule has 0 N–H and O–H groups in total. The van der Waals surface area contributed by atoms with E-state index in [2.05, 4.69) is 78.2 Å². The zero-order valence-electron chi connectivity index (χ0n) is 22.9. The number of hydrogen-bond donors (Lipinski definition) is 0. The fraction of sp³-hybridized carbons (Fsp3) is 0.559. The lowest BCUT2D eigenvalue weighted by molar-refractivity contribution is -0.668. The molecule has 0 radical (unpaired) electrons. The van der Waals surface area contributed by atoms with E-state index in [0.29, 0.717) is 0 Å². The van der Waals surface area contributed by atoms with Crippen LogP contribution < -0.4 is 9.30 Å². The minimum absolute atomic E-state index is 0.797. The minimum atomic E-state index is 0.797. The molecule has 1 aromatic heterocycles. The van der Waals surface area contributed by atoms with E-state index in [9.17, 15) is 0 Å². The molecular formula is C34H50NO+. The Balaban J connectivity index is 1.26. The number of unbranched alkanes of at least 4 members (excludes halogenated alkanes) is 15. The molecule has 0 bridgehead atoms. The Hall–Kier alpha value is -2.35. The molecule has 3 aromatic rings. The molecule has 0 spiro atoms. The van der Waals surface area contributed by atoms with Crippen LogP contribution in [-0.4, -0.2) is 6.61 Å². The Labute approximate surface area is 221 Å². The van der Waals surface area contributed by atoms with E-state index in [1.807, 2.05) is 0 Å². The number of nitrogens with zero attached hydrogens (tertiary/aromatic N) is 1. The number of aromatic nitrogens is 1. The topological polar surface area (TPSA) is 13.1 Å². The Kier molecular flexibility index (Phi) is 14.1. The minimum Gasteiger partial charge on any atom is -0.444 e. The van der Waals surface area contributed by atoms with Gasteiger partial charge >= 0.3 is 5.88 Å². The van der Waals surface area contributed by atoms with Crippen LogP contribution in [-0.2, 0) is 6.54 Å². The lowest BCUT2D eigenvalue weighted by Crippen LogP contribution is -2.37. The summed E-state index contributed by atoms with van der Waals surface area (Å²) in [5, 5.41) is 1.25. The Morgan fingerprint density at radius 2 is 1.06 bits per heavy atom. The molecule has 1 heterocycles. The molecule has 2 nitrogen and oxygen atoms in total. The van der Waals surface area contributed by atoms with Crippen LogP contribution in [0.15, 0.2) is 66.7 Å². The van der Waals surface area contributed by atoms with Gasteiger partial charge in [0.25, 0.3) is 0 Å². The number of hydrogen-bond acceptors (Lipinski definition) is 1. The fourth-order valence-electron chi connectivity index (χ4n) is 5.13. The zero-order chi connectivity index (χ0) is 25.1. The number of para-hydroxylation sites is 1. The molecule has 2 heteroatoms. The van der Waals surface area contributed by atoms with Gasteiger partial charge in [-0.1, -0.05) is 146 Å². The zero-order valence-corrected chi connectivity index (χ0v) is 22.9. The van der Waals surface area contributed by atoms with E-state index < -0.39 is 0 Å². The van der Waals surface area contributed by atoms with Gasteiger partial charge < -0.3 is 4.74 Å². The van der Waals surface area contributed by atoms with Gasteiger partial charge in [-0.15, -0.1) is 0 Å². The van der Waals surface area contributed by atoms with Crippen molar-refractivity contribution in [3.63, 3.8) is 0 Å². The molecule has 0 aliphatic rings. The van der Waals surface area contributed by atoms with Crippen molar-refractivity contribution in [2.75, 3.05) is 6.61 Å². The van der Waals surface area contributed by atoms with Gasteiger partial charge in [0.15, 0.2) is 6.54 Å². The highest BCUT2D eigenvalue weighted by molar-refractivity contribution is 5.75. The number of benzene rings is 2. The summed E-state index contributed by atoms with van der Waals surface area (Å²) in [5.41, 5.74) is 2.52. The summed E-state index contributed by atoms with van der Waals surface area (Å²) in [5.74, 6) is 0.971. The average molecular weight is 489 g/mol. The van der Waals surface area contributed by atoms with Crippen LogP contribution in [0.3, 0.4) is 0 Å². The van der Waals surface area contributed by atoms with Gasteiger partial charge in [0.2, 0.25) is 5.52 Å². The third kappa shape index (κ3) is 10.7. The van der Waals surface area contributed by atoms with Crippen molar-refractivity contribution in [1.82, 2.24) is 0 Å². The molecule has 0 aliphatic heterocycles. The third-order valence-electron chi connectivity index (χ3n) is 7.33. The normalized spacial score (nSPS) is 11.2. The number of rotatable bonds is 20. The summed E-state index contributed by atoms with van der Waals surface area (Å²) in [7, 11) is 0. The second-order valence-corrected chi connectivity index (χ2v) is 10.5. The average Bonchev–Trinajstić information content (AvgIpc) is 2.92. The number of fused-ring (bicyclic) bond motifs is 1. The van der Waals surface area contributed by atoms with Crippen LogP contribution in [0.4, 0.5) is 0 Å². The molecule has 0 saturated carbocycles.